The maximum Gasteiger partial charge on any atom is 0.282 e. The fourth-order valence-electron chi connectivity index (χ4n) is 4.29. The van der Waals surface area contributed by atoms with Crippen molar-refractivity contribution in [3.05, 3.63) is 65.4 Å². The van der Waals surface area contributed by atoms with Crippen LogP contribution in [0.5, 0.6) is 5.75 Å². The summed E-state index contributed by atoms with van der Waals surface area (Å²) in [4.78, 5) is 30.7. The van der Waals surface area contributed by atoms with Crippen LogP contribution < -0.4 is 9.64 Å². The molecule has 5 nitrogen and oxygen atoms in total. The summed E-state index contributed by atoms with van der Waals surface area (Å²) in [5.74, 6) is 1.34. The van der Waals surface area contributed by atoms with Crippen molar-refractivity contribution in [2.24, 2.45) is 11.8 Å². The van der Waals surface area contributed by atoms with Crippen LogP contribution in [0.25, 0.3) is 5.57 Å². The number of benzene rings is 2. The third-order valence-electron chi connectivity index (χ3n) is 6.15. The van der Waals surface area contributed by atoms with Gasteiger partial charge < -0.3 is 9.64 Å². The molecule has 0 radical (unpaired) electrons. The molecule has 0 atom stereocenters. The topological polar surface area (TPSA) is 49.9 Å². The lowest BCUT2D eigenvalue weighted by molar-refractivity contribution is -0.120. The summed E-state index contributed by atoms with van der Waals surface area (Å²) in [5, 5.41) is 0. The Kier molecular flexibility index (Phi) is 6.35. The summed E-state index contributed by atoms with van der Waals surface area (Å²) in [5.41, 5.74) is 3.40. The average molecular weight is 433 g/mol. The molecule has 2 aliphatic heterocycles. The van der Waals surface area contributed by atoms with Crippen molar-refractivity contribution in [2.75, 3.05) is 24.6 Å². The van der Waals surface area contributed by atoms with Gasteiger partial charge in [-0.05, 0) is 67.0 Å². The van der Waals surface area contributed by atoms with E-state index in [1.54, 1.807) is 0 Å². The van der Waals surface area contributed by atoms with Crippen LogP contribution in [0.15, 0.2) is 54.2 Å². The van der Waals surface area contributed by atoms with Gasteiger partial charge in [0.1, 0.15) is 11.4 Å². The van der Waals surface area contributed by atoms with Gasteiger partial charge in [0.15, 0.2) is 0 Å². The molecule has 1 fully saturated rings. The molecule has 0 saturated carbocycles. The molecule has 2 aliphatic rings. The first-order valence-corrected chi connectivity index (χ1v) is 11.5. The highest BCUT2D eigenvalue weighted by Crippen LogP contribution is 2.37. The van der Waals surface area contributed by atoms with E-state index in [-0.39, 0.29) is 11.8 Å². The van der Waals surface area contributed by atoms with E-state index in [1.807, 2.05) is 55.5 Å². The molecule has 2 amide bonds. The molecule has 168 valence electrons. The van der Waals surface area contributed by atoms with Crippen LogP contribution in [0.4, 0.5) is 5.69 Å². The Bertz CT molecular complexity index is 1030. The molecule has 2 aromatic carbocycles. The molecule has 0 N–H and O–H groups in total. The molecule has 2 aromatic rings. The quantitative estimate of drug-likeness (QED) is 0.600. The molecule has 0 unspecified atom stereocenters. The van der Waals surface area contributed by atoms with Crippen molar-refractivity contribution >= 4 is 23.1 Å². The third kappa shape index (κ3) is 4.43. The maximum absolute atomic E-state index is 13.6. The maximum atomic E-state index is 13.6. The lowest BCUT2D eigenvalue weighted by atomic mass is 9.97. The zero-order valence-corrected chi connectivity index (χ0v) is 19.4. The highest BCUT2D eigenvalue weighted by molar-refractivity contribution is 6.45. The highest BCUT2D eigenvalue weighted by atomic mass is 16.5. The molecule has 2 heterocycles. The van der Waals surface area contributed by atoms with E-state index in [4.69, 9.17) is 4.74 Å². The summed E-state index contributed by atoms with van der Waals surface area (Å²) in [7, 11) is 0. The number of carbonyl (C=O) groups is 2. The van der Waals surface area contributed by atoms with Gasteiger partial charge in [-0.15, -0.1) is 0 Å². The first-order chi connectivity index (χ1) is 15.3. The van der Waals surface area contributed by atoms with Crippen molar-refractivity contribution in [1.29, 1.82) is 0 Å². The first kappa shape index (κ1) is 22.1. The standard InChI is InChI=1S/C27H32N2O3/c1-18(2)17-32-23-10-8-21(9-11-23)24-25(28-14-12-19(3)13-15-28)27(31)29(26(24)30)22-7-5-6-20(4)16-22/h5-11,16,18-19H,12-15,17H2,1-4H3. The predicted molar refractivity (Wildman–Crippen MR) is 127 cm³/mol. The fraction of sp³-hybridized carbons (Fsp3) is 0.407. The lowest BCUT2D eigenvalue weighted by Crippen LogP contribution is -2.38. The van der Waals surface area contributed by atoms with Crippen LogP contribution in [0.3, 0.4) is 0 Å². The molecule has 0 bridgehead atoms. The monoisotopic (exact) mass is 432 g/mol. The normalized spacial score (nSPS) is 17.7. The van der Waals surface area contributed by atoms with Crippen LogP contribution in [0.2, 0.25) is 0 Å². The number of hydrogen-bond donors (Lipinski definition) is 0. The van der Waals surface area contributed by atoms with Gasteiger partial charge in [0.05, 0.1) is 17.9 Å². The summed E-state index contributed by atoms with van der Waals surface area (Å²) >= 11 is 0. The molecule has 0 spiro atoms. The van der Waals surface area contributed by atoms with E-state index in [0.717, 1.165) is 42.8 Å². The number of nitrogens with zero attached hydrogens (tertiary/aromatic N) is 2. The third-order valence-corrected chi connectivity index (χ3v) is 6.15. The van der Waals surface area contributed by atoms with Gasteiger partial charge in [0.25, 0.3) is 11.8 Å². The van der Waals surface area contributed by atoms with E-state index in [0.29, 0.717) is 35.4 Å². The van der Waals surface area contributed by atoms with Crippen molar-refractivity contribution in [3.8, 4) is 5.75 Å². The molecular weight excluding hydrogens is 400 g/mol. The zero-order valence-electron chi connectivity index (χ0n) is 19.4. The van der Waals surface area contributed by atoms with E-state index in [2.05, 4.69) is 25.7 Å². The summed E-state index contributed by atoms with van der Waals surface area (Å²) in [6.07, 6.45) is 2.04. The first-order valence-electron chi connectivity index (χ1n) is 11.5. The molecule has 32 heavy (non-hydrogen) atoms. The van der Waals surface area contributed by atoms with Crippen LogP contribution >= 0.6 is 0 Å². The van der Waals surface area contributed by atoms with Crippen molar-refractivity contribution in [1.82, 2.24) is 4.90 Å². The number of imide groups is 1. The number of aryl methyl sites for hydroxylation is 1. The SMILES string of the molecule is Cc1cccc(N2C(=O)C(c3ccc(OCC(C)C)cc3)=C(N3CCC(C)CC3)C2=O)c1. The highest BCUT2D eigenvalue weighted by Gasteiger charge is 2.43. The Balaban J connectivity index is 1.72. The fourth-order valence-corrected chi connectivity index (χ4v) is 4.29. The number of amides is 2. The van der Waals surface area contributed by atoms with Crippen LogP contribution in [-0.2, 0) is 9.59 Å². The second kappa shape index (κ2) is 9.19. The van der Waals surface area contributed by atoms with Gasteiger partial charge in [-0.3, -0.25) is 9.59 Å². The van der Waals surface area contributed by atoms with Crippen LogP contribution in [0.1, 0.15) is 44.7 Å². The van der Waals surface area contributed by atoms with E-state index in [1.165, 1.54) is 4.90 Å². The minimum absolute atomic E-state index is 0.231. The summed E-state index contributed by atoms with van der Waals surface area (Å²) < 4.78 is 5.80. The number of hydrogen-bond acceptors (Lipinski definition) is 4. The number of ether oxygens (including phenoxy) is 1. The minimum atomic E-state index is -0.259. The van der Waals surface area contributed by atoms with Crippen molar-refractivity contribution in [3.63, 3.8) is 0 Å². The van der Waals surface area contributed by atoms with Crippen LogP contribution in [-0.4, -0.2) is 36.4 Å². The van der Waals surface area contributed by atoms with Gasteiger partial charge in [-0.25, -0.2) is 4.90 Å². The minimum Gasteiger partial charge on any atom is -0.493 e. The average Bonchev–Trinajstić information content (AvgIpc) is 3.03. The molecule has 4 rings (SSSR count). The van der Waals surface area contributed by atoms with E-state index < -0.39 is 0 Å². The number of carbonyl (C=O) groups excluding carboxylic acids is 2. The Morgan fingerprint density at radius 2 is 1.69 bits per heavy atom. The number of anilines is 1. The van der Waals surface area contributed by atoms with Gasteiger partial charge in [-0.2, -0.15) is 0 Å². The van der Waals surface area contributed by atoms with Crippen molar-refractivity contribution in [2.45, 2.75) is 40.5 Å². The Labute approximate surface area is 190 Å². The largest absolute Gasteiger partial charge is 0.493 e. The zero-order chi connectivity index (χ0) is 22.8. The molecule has 0 aromatic heterocycles. The van der Waals surface area contributed by atoms with Gasteiger partial charge >= 0.3 is 0 Å². The second-order valence-corrected chi connectivity index (χ2v) is 9.41. The number of rotatable bonds is 6. The molecular formula is C27H32N2O3. The summed E-state index contributed by atoms with van der Waals surface area (Å²) in [6.45, 7) is 10.6. The number of piperidine rings is 1. The Morgan fingerprint density at radius 1 is 1.00 bits per heavy atom. The van der Waals surface area contributed by atoms with Gasteiger partial charge in [0.2, 0.25) is 0 Å². The predicted octanol–water partition coefficient (Wildman–Crippen LogP) is 5.05. The van der Waals surface area contributed by atoms with Gasteiger partial charge in [-0.1, -0.05) is 45.0 Å². The smallest absolute Gasteiger partial charge is 0.282 e. The second-order valence-electron chi connectivity index (χ2n) is 9.41. The summed E-state index contributed by atoms with van der Waals surface area (Å²) in [6, 6.07) is 15.1. The number of likely N-dealkylation sites (tertiary alicyclic amines) is 1. The van der Waals surface area contributed by atoms with Crippen LogP contribution in [0, 0.1) is 18.8 Å². The van der Waals surface area contributed by atoms with Gasteiger partial charge in [0, 0.05) is 13.1 Å². The Hall–Kier alpha value is -3.08. The Morgan fingerprint density at radius 3 is 2.31 bits per heavy atom. The van der Waals surface area contributed by atoms with E-state index >= 15 is 0 Å². The lowest BCUT2D eigenvalue weighted by Gasteiger charge is -2.32. The van der Waals surface area contributed by atoms with E-state index in [9.17, 15) is 9.59 Å². The van der Waals surface area contributed by atoms with Crippen molar-refractivity contribution < 1.29 is 14.3 Å². The molecule has 5 heteroatoms. The molecule has 0 aliphatic carbocycles. The molecule has 1 saturated heterocycles.